The van der Waals surface area contributed by atoms with Crippen molar-refractivity contribution in [3.8, 4) is 0 Å². The van der Waals surface area contributed by atoms with Gasteiger partial charge in [-0.15, -0.1) is 12.4 Å². The highest BCUT2D eigenvalue weighted by atomic mass is 35.5. The molecule has 0 radical (unpaired) electrons. The molecule has 1 saturated heterocycles. The molecule has 2 unspecified atom stereocenters. The molecule has 1 fully saturated rings. The van der Waals surface area contributed by atoms with E-state index in [0.717, 1.165) is 6.42 Å². The van der Waals surface area contributed by atoms with Gasteiger partial charge >= 0.3 is 0 Å². The molecule has 1 aliphatic heterocycles. The van der Waals surface area contributed by atoms with Crippen molar-refractivity contribution < 1.29 is 9.72 Å². The van der Waals surface area contributed by atoms with Gasteiger partial charge in [0.05, 0.1) is 4.92 Å². The third-order valence-electron chi connectivity index (χ3n) is 3.73. The Bertz CT molecular complexity index is 552. The van der Waals surface area contributed by atoms with Crippen molar-refractivity contribution in [2.75, 3.05) is 18.8 Å². The van der Waals surface area contributed by atoms with E-state index >= 15 is 0 Å². The second-order valence-corrected chi connectivity index (χ2v) is 5.17. The maximum Gasteiger partial charge on any atom is 0.292 e. The number of hydrogen-bond donors (Lipinski definition) is 2. The van der Waals surface area contributed by atoms with E-state index in [1.165, 1.54) is 18.2 Å². The number of nitro groups is 1. The minimum Gasteiger partial charge on any atom is -0.393 e. The van der Waals surface area contributed by atoms with E-state index in [1.807, 2.05) is 6.92 Å². The van der Waals surface area contributed by atoms with Crippen LogP contribution >= 0.6 is 12.4 Å². The molecule has 0 aliphatic carbocycles. The molecular weight excluding hydrogens is 296 g/mol. The SMILES string of the molecule is CC1CC(CN)CN1C(=O)c1ccc(N)c([N+](=O)[O-])c1.Cl. The van der Waals surface area contributed by atoms with Crippen LogP contribution in [0.5, 0.6) is 0 Å². The number of amides is 1. The number of benzene rings is 1. The van der Waals surface area contributed by atoms with Gasteiger partial charge in [-0.3, -0.25) is 14.9 Å². The Hall–Kier alpha value is -1.86. The van der Waals surface area contributed by atoms with Crippen molar-refractivity contribution in [1.29, 1.82) is 0 Å². The quantitative estimate of drug-likeness (QED) is 0.497. The summed E-state index contributed by atoms with van der Waals surface area (Å²) in [7, 11) is 0. The summed E-state index contributed by atoms with van der Waals surface area (Å²) in [6, 6.07) is 4.24. The highest BCUT2D eigenvalue weighted by Gasteiger charge is 2.32. The number of nitrogen functional groups attached to an aromatic ring is 1. The molecule has 0 aromatic heterocycles. The number of likely N-dealkylation sites (tertiary alicyclic amines) is 1. The third kappa shape index (κ3) is 3.43. The Labute approximate surface area is 128 Å². The first-order chi connectivity index (χ1) is 9.43. The number of carbonyl (C=O) groups is 1. The minimum absolute atomic E-state index is 0. The predicted molar refractivity (Wildman–Crippen MR) is 82.4 cm³/mol. The number of halogens is 1. The second kappa shape index (κ2) is 6.73. The van der Waals surface area contributed by atoms with Crippen molar-refractivity contribution in [2.45, 2.75) is 19.4 Å². The van der Waals surface area contributed by atoms with Gasteiger partial charge in [0, 0.05) is 24.2 Å². The zero-order chi connectivity index (χ0) is 14.9. The summed E-state index contributed by atoms with van der Waals surface area (Å²) in [5.41, 5.74) is 11.3. The molecule has 7 nitrogen and oxygen atoms in total. The van der Waals surface area contributed by atoms with Crippen LogP contribution < -0.4 is 11.5 Å². The van der Waals surface area contributed by atoms with E-state index in [2.05, 4.69) is 0 Å². The molecule has 0 spiro atoms. The number of nitrogens with zero attached hydrogens (tertiary/aromatic N) is 2. The van der Waals surface area contributed by atoms with Gasteiger partial charge in [-0.05, 0) is 37.9 Å². The predicted octanol–water partition coefficient (Wildman–Crippen LogP) is 1.41. The zero-order valence-corrected chi connectivity index (χ0v) is 12.5. The van der Waals surface area contributed by atoms with Crippen LogP contribution in [-0.4, -0.2) is 34.9 Å². The Morgan fingerprint density at radius 1 is 1.52 bits per heavy atom. The Balaban J connectivity index is 0.00000220. The maximum atomic E-state index is 12.4. The molecule has 0 saturated carbocycles. The molecule has 0 bridgehead atoms. The molecule has 1 aromatic carbocycles. The van der Waals surface area contributed by atoms with Gasteiger partial charge < -0.3 is 16.4 Å². The second-order valence-electron chi connectivity index (χ2n) is 5.17. The van der Waals surface area contributed by atoms with Crippen LogP contribution in [0.25, 0.3) is 0 Å². The van der Waals surface area contributed by atoms with Gasteiger partial charge in [0.1, 0.15) is 5.69 Å². The molecule has 116 valence electrons. The van der Waals surface area contributed by atoms with E-state index < -0.39 is 4.92 Å². The number of nitrogens with two attached hydrogens (primary N) is 2. The Morgan fingerprint density at radius 2 is 2.19 bits per heavy atom. The Kier molecular flexibility index (Phi) is 5.51. The molecule has 1 amide bonds. The molecule has 2 rings (SSSR count). The zero-order valence-electron chi connectivity index (χ0n) is 11.7. The lowest BCUT2D eigenvalue weighted by Crippen LogP contribution is -2.34. The van der Waals surface area contributed by atoms with Crippen molar-refractivity contribution >= 4 is 29.7 Å². The summed E-state index contributed by atoms with van der Waals surface area (Å²) >= 11 is 0. The number of anilines is 1. The first-order valence-electron chi connectivity index (χ1n) is 6.49. The molecule has 8 heteroatoms. The lowest BCUT2D eigenvalue weighted by molar-refractivity contribution is -0.383. The van der Waals surface area contributed by atoms with Crippen LogP contribution in [0.1, 0.15) is 23.7 Å². The summed E-state index contributed by atoms with van der Waals surface area (Å²) in [6.07, 6.45) is 0.860. The number of carbonyl (C=O) groups excluding carboxylic acids is 1. The van der Waals surface area contributed by atoms with Gasteiger partial charge in [0.25, 0.3) is 11.6 Å². The minimum atomic E-state index is -0.581. The van der Waals surface area contributed by atoms with Gasteiger partial charge in [-0.1, -0.05) is 0 Å². The van der Waals surface area contributed by atoms with Crippen LogP contribution in [0.2, 0.25) is 0 Å². The number of rotatable bonds is 3. The molecule has 1 aromatic rings. The first kappa shape index (κ1) is 17.2. The van der Waals surface area contributed by atoms with Crippen LogP contribution in [0.4, 0.5) is 11.4 Å². The highest BCUT2D eigenvalue weighted by Crippen LogP contribution is 2.27. The molecular formula is C13H19ClN4O3. The van der Waals surface area contributed by atoms with Gasteiger partial charge in [0.2, 0.25) is 0 Å². The first-order valence-corrected chi connectivity index (χ1v) is 6.49. The Morgan fingerprint density at radius 3 is 2.71 bits per heavy atom. The fourth-order valence-corrected chi connectivity index (χ4v) is 2.60. The van der Waals surface area contributed by atoms with E-state index in [1.54, 1.807) is 4.90 Å². The van der Waals surface area contributed by atoms with Crippen molar-refractivity contribution in [1.82, 2.24) is 4.90 Å². The summed E-state index contributed by atoms with van der Waals surface area (Å²) in [4.78, 5) is 24.4. The van der Waals surface area contributed by atoms with Crippen molar-refractivity contribution in [3.05, 3.63) is 33.9 Å². The molecule has 1 heterocycles. The van der Waals surface area contributed by atoms with E-state index in [0.29, 0.717) is 13.1 Å². The fourth-order valence-electron chi connectivity index (χ4n) is 2.60. The average molecular weight is 315 g/mol. The maximum absolute atomic E-state index is 12.4. The summed E-state index contributed by atoms with van der Waals surface area (Å²) in [6.45, 7) is 3.09. The van der Waals surface area contributed by atoms with Gasteiger partial charge in [-0.2, -0.15) is 0 Å². The largest absolute Gasteiger partial charge is 0.393 e. The summed E-state index contributed by atoms with van der Waals surface area (Å²) in [5.74, 6) is 0.0780. The van der Waals surface area contributed by atoms with Gasteiger partial charge in [-0.25, -0.2) is 0 Å². The van der Waals surface area contributed by atoms with Crippen LogP contribution in [0.3, 0.4) is 0 Å². The topological polar surface area (TPSA) is 115 Å². The fraction of sp³-hybridized carbons (Fsp3) is 0.462. The number of hydrogen-bond acceptors (Lipinski definition) is 5. The third-order valence-corrected chi connectivity index (χ3v) is 3.73. The van der Waals surface area contributed by atoms with E-state index in [-0.39, 0.29) is 47.2 Å². The molecule has 4 N–H and O–H groups in total. The van der Waals surface area contributed by atoms with Crippen LogP contribution in [0, 0.1) is 16.0 Å². The molecule has 2 atom stereocenters. The van der Waals surface area contributed by atoms with Crippen LogP contribution in [0.15, 0.2) is 18.2 Å². The van der Waals surface area contributed by atoms with Crippen LogP contribution in [-0.2, 0) is 0 Å². The lowest BCUT2D eigenvalue weighted by Gasteiger charge is -2.21. The van der Waals surface area contributed by atoms with Crippen molar-refractivity contribution in [2.24, 2.45) is 11.7 Å². The standard InChI is InChI=1S/C13H18N4O3.ClH/c1-8-4-9(6-14)7-16(8)13(18)10-2-3-11(15)12(5-10)17(19)20;/h2-3,5,8-9H,4,6-7,14-15H2,1H3;1H. The summed E-state index contributed by atoms with van der Waals surface area (Å²) < 4.78 is 0. The monoisotopic (exact) mass is 314 g/mol. The van der Waals surface area contributed by atoms with Crippen molar-refractivity contribution in [3.63, 3.8) is 0 Å². The smallest absolute Gasteiger partial charge is 0.292 e. The van der Waals surface area contributed by atoms with E-state index in [4.69, 9.17) is 11.5 Å². The normalized spacial score (nSPS) is 21.0. The van der Waals surface area contributed by atoms with Gasteiger partial charge in [0.15, 0.2) is 0 Å². The molecule has 1 aliphatic rings. The van der Waals surface area contributed by atoms with E-state index in [9.17, 15) is 14.9 Å². The average Bonchev–Trinajstić information content (AvgIpc) is 2.79. The summed E-state index contributed by atoms with van der Waals surface area (Å²) in [5, 5.41) is 10.9. The number of nitro benzene ring substituents is 1. The lowest BCUT2D eigenvalue weighted by atomic mass is 10.1. The highest BCUT2D eigenvalue weighted by molar-refractivity contribution is 5.96. The molecule has 21 heavy (non-hydrogen) atoms.